The molecule has 0 bridgehead atoms. The number of pyridine rings is 2. The Kier molecular flexibility index (Phi) is 19.8. The molecule has 4 aromatic carbocycles. The molecule has 4 heterocycles. The molecule has 426 valence electrons. The Balaban J connectivity index is 0.000000234. The number of carboxylic acids is 1. The number of halogens is 6. The molecule has 1 amide bonds. The van der Waals surface area contributed by atoms with Crippen LogP contribution in [0.25, 0.3) is 56.0 Å². The summed E-state index contributed by atoms with van der Waals surface area (Å²) in [5, 5.41) is 18.9. The highest BCUT2D eigenvalue weighted by atomic mass is 19.2. The lowest BCUT2D eigenvalue weighted by Crippen LogP contribution is -2.30. The van der Waals surface area contributed by atoms with E-state index in [0.717, 1.165) is 110 Å². The first kappa shape index (κ1) is 60.1. The van der Waals surface area contributed by atoms with Gasteiger partial charge >= 0.3 is 5.97 Å². The Bertz CT molecular complexity index is 3710. The van der Waals surface area contributed by atoms with E-state index in [0.29, 0.717) is 13.1 Å². The third kappa shape index (κ3) is 13.6. The number of aromatic carboxylic acids is 1. The summed E-state index contributed by atoms with van der Waals surface area (Å²) in [6.07, 6.45) is 1.48. The Morgan fingerprint density at radius 1 is 0.556 bits per heavy atom. The molecule has 0 spiro atoms. The maximum Gasteiger partial charge on any atom is 0.335 e. The van der Waals surface area contributed by atoms with Gasteiger partial charge in [-0.15, -0.1) is 0 Å². The van der Waals surface area contributed by atoms with Crippen LogP contribution in [0.1, 0.15) is 86.2 Å². The van der Waals surface area contributed by atoms with Crippen LogP contribution in [0.2, 0.25) is 0 Å². The van der Waals surface area contributed by atoms with Crippen LogP contribution in [-0.2, 0) is 0 Å². The molecular formula is C59H63F6N11O5. The second-order valence-corrected chi connectivity index (χ2v) is 19.2. The minimum atomic E-state index is -1.34. The summed E-state index contributed by atoms with van der Waals surface area (Å²) in [7, 11) is 0. The van der Waals surface area contributed by atoms with Gasteiger partial charge < -0.3 is 30.9 Å². The first-order valence-corrected chi connectivity index (χ1v) is 26.5. The zero-order chi connectivity index (χ0) is 58.8. The van der Waals surface area contributed by atoms with Gasteiger partial charge in [-0.2, -0.15) is 9.97 Å². The Labute approximate surface area is 463 Å². The predicted molar refractivity (Wildman–Crippen MR) is 302 cm³/mol. The first-order valence-electron chi connectivity index (χ1n) is 26.5. The van der Waals surface area contributed by atoms with Crippen LogP contribution in [0.4, 0.5) is 38.2 Å². The molecular weight excluding hydrogens is 1060 g/mol. The number of carboxylic acid groups (broad SMARTS) is 1. The molecule has 0 aliphatic heterocycles. The number of hydrogen-bond donors (Lipinski definition) is 4. The van der Waals surface area contributed by atoms with Crippen molar-refractivity contribution >= 4 is 45.8 Å². The summed E-state index contributed by atoms with van der Waals surface area (Å²) >= 11 is 0. The van der Waals surface area contributed by atoms with Crippen LogP contribution in [0.3, 0.4) is 0 Å². The van der Waals surface area contributed by atoms with Gasteiger partial charge in [0.2, 0.25) is 11.9 Å². The second-order valence-electron chi connectivity index (χ2n) is 19.2. The summed E-state index contributed by atoms with van der Waals surface area (Å²) in [5.41, 5.74) is -2.02. The molecule has 8 rings (SSSR count). The van der Waals surface area contributed by atoms with E-state index in [9.17, 15) is 46.2 Å². The quantitative estimate of drug-likeness (QED) is 0.0393. The van der Waals surface area contributed by atoms with E-state index in [1.807, 2.05) is 0 Å². The maximum absolute atomic E-state index is 15.2. The van der Waals surface area contributed by atoms with E-state index < -0.39 is 69.3 Å². The highest BCUT2D eigenvalue weighted by Crippen LogP contribution is 2.35. The molecule has 16 nitrogen and oxygen atoms in total. The lowest BCUT2D eigenvalue weighted by molar-refractivity contribution is 0.0696. The lowest BCUT2D eigenvalue weighted by Gasteiger charge is -2.19. The SMILES string of the molecule is CCN(CC)CCCNc1nc(-c2cc(C(=O)NC(C)C)cc(F)c2C)c2ccc(=O)n(-c3c(F)cccc3F)c2n1.CCN(CC)CCCNc1nc(-c2cc(C(=O)O)cc(F)c2C)c2ccc(=O)n(-c3c(F)cccc3F)c2n1. The second kappa shape index (κ2) is 26.6. The number of hydrogen-bond acceptors (Lipinski definition) is 12. The molecule has 4 aromatic heterocycles. The van der Waals surface area contributed by atoms with Crippen molar-refractivity contribution in [1.82, 2.24) is 44.2 Å². The van der Waals surface area contributed by atoms with Crippen molar-refractivity contribution in [2.45, 2.75) is 74.3 Å². The molecule has 0 fully saturated rings. The van der Waals surface area contributed by atoms with Crippen LogP contribution in [0, 0.1) is 48.8 Å². The molecule has 0 aliphatic carbocycles. The zero-order valence-electron chi connectivity index (χ0n) is 46.2. The fourth-order valence-corrected chi connectivity index (χ4v) is 9.17. The average molecular weight is 1120 g/mol. The molecule has 81 heavy (non-hydrogen) atoms. The zero-order valence-corrected chi connectivity index (χ0v) is 46.2. The molecule has 0 saturated carbocycles. The minimum absolute atomic E-state index is 0.0358. The summed E-state index contributed by atoms with van der Waals surface area (Å²) in [6.45, 7) is 21.0. The molecule has 22 heteroatoms. The van der Waals surface area contributed by atoms with E-state index in [1.165, 1.54) is 43.3 Å². The molecule has 0 unspecified atom stereocenters. The van der Waals surface area contributed by atoms with Crippen molar-refractivity contribution in [2.75, 3.05) is 63.0 Å². The molecule has 0 saturated heterocycles. The van der Waals surface area contributed by atoms with Crippen LogP contribution in [-0.4, -0.2) is 114 Å². The monoisotopic (exact) mass is 1120 g/mol. The number of fused-ring (bicyclic) bond motifs is 2. The van der Waals surface area contributed by atoms with Gasteiger partial charge in [0.1, 0.15) is 46.3 Å². The number of nitrogens with zero attached hydrogens (tertiary/aromatic N) is 8. The van der Waals surface area contributed by atoms with Gasteiger partial charge in [-0.25, -0.2) is 41.1 Å². The van der Waals surface area contributed by atoms with Gasteiger partial charge in [-0.1, -0.05) is 39.8 Å². The first-order chi connectivity index (χ1) is 38.7. The topological polar surface area (TPSA) is 192 Å². The van der Waals surface area contributed by atoms with Crippen molar-refractivity contribution in [1.29, 1.82) is 0 Å². The highest BCUT2D eigenvalue weighted by Gasteiger charge is 2.25. The number of rotatable bonds is 21. The third-order valence-electron chi connectivity index (χ3n) is 13.6. The van der Waals surface area contributed by atoms with Crippen LogP contribution in [0.15, 0.2) is 94.5 Å². The fourth-order valence-electron chi connectivity index (χ4n) is 9.17. The van der Waals surface area contributed by atoms with E-state index in [1.54, 1.807) is 20.8 Å². The van der Waals surface area contributed by atoms with Crippen LogP contribution >= 0.6 is 0 Å². The van der Waals surface area contributed by atoms with Crippen molar-refractivity contribution in [3.8, 4) is 33.9 Å². The Morgan fingerprint density at radius 2 is 0.938 bits per heavy atom. The number of carbonyl (C=O) groups excluding carboxylic acids is 1. The number of nitrogens with one attached hydrogen (secondary N) is 3. The number of anilines is 2. The smallest absolute Gasteiger partial charge is 0.335 e. The summed E-state index contributed by atoms with van der Waals surface area (Å²) in [4.78, 5) is 73.2. The van der Waals surface area contributed by atoms with Crippen molar-refractivity contribution in [2.24, 2.45) is 0 Å². The van der Waals surface area contributed by atoms with E-state index in [4.69, 9.17) is 0 Å². The molecule has 0 atom stereocenters. The normalized spacial score (nSPS) is 11.4. The predicted octanol–water partition coefficient (Wildman–Crippen LogP) is 10.5. The van der Waals surface area contributed by atoms with Gasteiger partial charge in [-0.05, 0) is 152 Å². The van der Waals surface area contributed by atoms with E-state index >= 15 is 4.39 Å². The highest BCUT2D eigenvalue weighted by molar-refractivity contribution is 5.99. The van der Waals surface area contributed by atoms with Crippen LogP contribution < -0.4 is 27.1 Å². The van der Waals surface area contributed by atoms with Crippen LogP contribution in [0.5, 0.6) is 0 Å². The number of benzene rings is 4. The van der Waals surface area contributed by atoms with Gasteiger partial charge in [0, 0.05) is 58.7 Å². The maximum atomic E-state index is 15.2. The van der Waals surface area contributed by atoms with Crippen molar-refractivity contribution in [3.05, 3.63) is 163 Å². The number of para-hydroxylation sites is 2. The third-order valence-corrected chi connectivity index (χ3v) is 13.6. The standard InChI is InChI=1S/C31H35F3N6O2.C28H28F3N5O3/c1-6-39(7-2)15-9-14-35-31-37-27(22-16-20(17-25(34)19(22)5)30(42)36-18(3)4)21-12-13-26(41)40(29(21)38-31)28-23(32)10-8-11-24(28)33;1-4-35(5-2)13-7-12-32-28-33-24(19-14-17(27(38)39)15-22(31)16(19)3)18-10-11-23(37)36(26(18)34-28)25-20(29)8-6-9-21(25)30/h8,10-13,16-18H,6-7,9,14-15H2,1-5H3,(H,36,42)(H,35,37,38);6,8-11,14-15H,4-5,7,12-13H2,1-3H3,(H,38,39)(H,32,33,34). The largest absolute Gasteiger partial charge is 0.478 e. The summed E-state index contributed by atoms with van der Waals surface area (Å²) in [6, 6.07) is 16.2. The van der Waals surface area contributed by atoms with Gasteiger partial charge in [0.25, 0.3) is 17.0 Å². The Morgan fingerprint density at radius 3 is 1.31 bits per heavy atom. The van der Waals surface area contributed by atoms with Crippen molar-refractivity contribution in [3.63, 3.8) is 0 Å². The average Bonchev–Trinajstić information content (AvgIpc) is 3.53. The lowest BCUT2D eigenvalue weighted by atomic mass is 9.98. The van der Waals surface area contributed by atoms with Gasteiger partial charge in [0.15, 0.2) is 11.3 Å². The van der Waals surface area contributed by atoms with Gasteiger partial charge in [0.05, 0.1) is 17.0 Å². The molecule has 4 N–H and O–H groups in total. The van der Waals surface area contributed by atoms with Crippen molar-refractivity contribution < 1.29 is 41.0 Å². The molecule has 0 aliphatic rings. The fraction of sp³-hybridized carbons (Fsp3) is 0.322. The molecule has 8 aromatic rings. The summed E-state index contributed by atoms with van der Waals surface area (Å²) < 4.78 is 91.3. The summed E-state index contributed by atoms with van der Waals surface area (Å²) in [5.74, 6) is -6.94. The molecule has 0 radical (unpaired) electrons. The minimum Gasteiger partial charge on any atom is -0.478 e. The number of aromatic nitrogens is 6. The number of amides is 1. The number of carbonyl (C=O) groups is 2. The van der Waals surface area contributed by atoms with Gasteiger partial charge in [-0.3, -0.25) is 23.5 Å². The van der Waals surface area contributed by atoms with E-state index in [-0.39, 0.29) is 84.8 Å². The van der Waals surface area contributed by atoms with E-state index in [2.05, 4.69) is 73.4 Å². The Hall–Kier alpha value is -8.50.